The molecule has 18 heavy (non-hydrogen) atoms. The third-order valence-electron chi connectivity index (χ3n) is 4.00. The van der Waals surface area contributed by atoms with E-state index in [1.54, 1.807) is 6.92 Å². The van der Waals surface area contributed by atoms with Gasteiger partial charge >= 0.3 is 0 Å². The number of likely N-dealkylation sites (N-methyl/N-ethyl adjacent to an activating group) is 1. The number of benzene rings is 1. The number of hydrogen-bond acceptors (Lipinski definition) is 3. The summed E-state index contributed by atoms with van der Waals surface area (Å²) in [5.74, 6) is 0.127. The fraction of sp³-hybridized carbons (Fsp3) is 0.533. The van der Waals surface area contributed by atoms with Gasteiger partial charge in [0.2, 0.25) is 0 Å². The summed E-state index contributed by atoms with van der Waals surface area (Å²) in [5.41, 5.74) is 2.00. The zero-order valence-electron chi connectivity index (χ0n) is 11.7. The minimum Gasteiger partial charge on any atom is -0.368 e. The van der Waals surface area contributed by atoms with Crippen LogP contribution in [0.1, 0.15) is 31.1 Å². The first-order valence-electron chi connectivity index (χ1n) is 6.57. The van der Waals surface area contributed by atoms with E-state index in [1.165, 1.54) is 5.69 Å². The van der Waals surface area contributed by atoms with Gasteiger partial charge in [-0.05, 0) is 52.1 Å². The Bertz CT molecular complexity index is 415. The van der Waals surface area contributed by atoms with Crippen molar-refractivity contribution in [1.29, 1.82) is 0 Å². The fourth-order valence-corrected chi connectivity index (χ4v) is 2.52. The van der Waals surface area contributed by atoms with Gasteiger partial charge in [-0.1, -0.05) is 0 Å². The molecule has 1 aromatic rings. The van der Waals surface area contributed by atoms with Crippen LogP contribution < -0.4 is 4.90 Å². The van der Waals surface area contributed by atoms with Gasteiger partial charge in [0.25, 0.3) is 0 Å². The van der Waals surface area contributed by atoms with Crippen LogP contribution in [0.2, 0.25) is 0 Å². The van der Waals surface area contributed by atoms with Crippen LogP contribution in [0, 0.1) is 0 Å². The lowest BCUT2D eigenvalue weighted by Crippen LogP contribution is -2.55. The van der Waals surface area contributed by atoms with Crippen LogP contribution in [0.25, 0.3) is 0 Å². The Hall–Kier alpha value is -1.35. The predicted molar refractivity (Wildman–Crippen MR) is 75.3 cm³/mol. The Labute approximate surface area is 109 Å². The van der Waals surface area contributed by atoms with Crippen molar-refractivity contribution in [2.75, 3.05) is 25.0 Å². The summed E-state index contributed by atoms with van der Waals surface area (Å²) in [4.78, 5) is 16.1. The first kappa shape index (κ1) is 13.1. The summed E-state index contributed by atoms with van der Waals surface area (Å²) in [5, 5.41) is 0. The van der Waals surface area contributed by atoms with Crippen LogP contribution in [0.3, 0.4) is 0 Å². The van der Waals surface area contributed by atoms with Crippen molar-refractivity contribution in [2.45, 2.75) is 32.9 Å². The molecule has 0 spiro atoms. The fourth-order valence-electron chi connectivity index (χ4n) is 2.52. The largest absolute Gasteiger partial charge is 0.368 e. The van der Waals surface area contributed by atoms with Crippen LogP contribution in [-0.4, -0.2) is 42.9 Å². The normalized spacial score (nSPS) is 25.2. The van der Waals surface area contributed by atoms with Crippen molar-refractivity contribution < 1.29 is 4.79 Å². The van der Waals surface area contributed by atoms with Crippen LogP contribution in [-0.2, 0) is 0 Å². The topological polar surface area (TPSA) is 23.6 Å². The van der Waals surface area contributed by atoms with Gasteiger partial charge in [-0.15, -0.1) is 0 Å². The van der Waals surface area contributed by atoms with Gasteiger partial charge in [0.1, 0.15) is 0 Å². The summed E-state index contributed by atoms with van der Waals surface area (Å²) < 4.78 is 0. The number of carbonyl (C=O) groups excluding carboxylic acids is 1. The molecule has 3 heteroatoms. The molecule has 1 aliphatic heterocycles. The van der Waals surface area contributed by atoms with Gasteiger partial charge in [0, 0.05) is 36.4 Å². The third kappa shape index (κ3) is 2.56. The first-order chi connectivity index (χ1) is 8.49. The number of piperazine rings is 1. The van der Waals surface area contributed by atoms with Gasteiger partial charge in [-0.2, -0.15) is 0 Å². The number of hydrogen-bond donors (Lipinski definition) is 0. The van der Waals surface area contributed by atoms with Gasteiger partial charge in [-0.25, -0.2) is 0 Å². The van der Waals surface area contributed by atoms with E-state index < -0.39 is 0 Å². The molecule has 3 nitrogen and oxygen atoms in total. The van der Waals surface area contributed by atoms with Gasteiger partial charge in [0.15, 0.2) is 5.78 Å². The molecular formula is C15H22N2O. The van der Waals surface area contributed by atoms with E-state index in [2.05, 4.69) is 42.8 Å². The number of carbonyl (C=O) groups is 1. The number of Topliss-reactive ketones (excluding diaryl/α,β-unsaturated/α-hetero) is 1. The second kappa shape index (κ2) is 5.11. The van der Waals surface area contributed by atoms with Crippen LogP contribution in [0.15, 0.2) is 24.3 Å². The molecule has 0 saturated carbocycles. The smallest absolute Gasteiger partial charge is 0.159 e. The molecule has 1 heterocycles. The van der Waals surface area contributed by atoms with Crippen molar-refractivity contribution in [3.05, 3.63) is 29.8 Å². The SMILES string of the molecule is CC(=O)c1ccc(N2CC(C)N(C)[C@@H](C)C2)cc1. The summed E-state index contributed by atoms with van der Waals surface area (Å²) in [6.07, 6.45) is 0. The molecule has 1 fully saturated rings. The second-order valence-corrected chi connectivity index (χ2v) is 5.37. The second-order valence-electron chi connectivity index (χ2n) is 5.37. The highest BCUT2D eigenvalue weighted by Gasteiger charge is 2.26. The van der Waals surface area contributed by atoms with E-state index in [-0.39, 0.29) is 5.78 Å². The Morgan fingerprint density at radius 2 is 1.61 bits per heavy atom. The van der Waals surface area contributed by atoms with E-state index >= 15 is 0 Å². The quantitative estimate of drug-likeness (QED) is 0.749. The molecule has 0 N–H and O–H groups in total. The van der Waals surface area contributed by atoms with E-state index in [1.807, 2.05) is 12.1 Å². The zero-order valence-corrected chi connectivity index (χ0v) is 11.7. The Balaban J connectivity index is 2.14. The molecule has 1 aliphatic rings. The van der Waals surface area contributed by atoms with Crippen LogP contribution >= 0.6 is 0 Å². The van der Waals surface area contributed by atoms with Crippen molar-refractivity contribution in [2.24, 2.45) is 0 Å². The third-order valence-corrected chi connectivity index (χ3v) is 4.00. The molecule has 0 amide bonds. The van der Waals surface area contributed by atoms with Crippen molar-refractivity contribution >= 4 is 11.5 Å². The molecule has 0 aliphatic carbocycles. The number of ketones is 1. The molecule has 2 rings (SSSR count). The summed E-state index contributed by atoms with van der Waals surface area (Å²) >= 11 is 0. The monoisotopic (exact) mass is 246 g/mol. The molecule has 0 bridgehead atoms. The Morgan fingerprint density at radius 1 is 1.11 bits per heavy atom. The maximum absolute atomic E-state index is 11.3. The highest BCUT2D eigenvalue weighted by Crippen LogP contribution is 2.21. The minimum absolute atomic E-state index is 0.127. The van der Waals surface area contributed by atoms with Crippen molar-refractivity contribution in [1.82, 2.24) is 4.90 Å². The maximum atomic E-state index is 11.3. The van der Waals surface area contributed by atoms with E-state index in [9.17, 15) is 4.79 Å². The van der Waals surface area contributed by atoms with E-state index in [4.69, 9.17) is 0 Å². The van der Waals surface area contributed by atoms with Gasteiger partial charge in [0.05, 0.1) is 0 Å². The highest BCUT2D eigenvalue weighted by atomic mass is 16.1. The van der Waals surface area contributed by atoms with Gasteiger partial charge in [-0.3, -0.25) is 9.69 Å². The zero-order chi connectivity index (χ0) is 13.3. The van der Waals surface area contributed by atoms with Crippen molar-refractivity contribution in [3.8, 4) is 0 Å². The highest BCUT2D eigenvalue weighted by molar-refractivity contribution is 5.94. The lowest BCUT2D eigenvalue weighted by molar-refractivity contribution is 0.101. The Morgan fingerprint density at radius 3 is 2.06 bits per heavy atom. The van der Waals surface area contributed by atoms with Crippen molar-refractivity contribution in [3.63, 3.8) is 0 Å². The number of anilines is 1. The van der Waals surface area contributed by atoms with Gasteiger partial charge < -0.3 is 4.90 Å². The Kier molecular flexibility index (Phi) is 3.71. The lowest BCUT2D eigenvalue weighted by atomic mass is 10.1. The standard InChI is InChI=1S/C15H22N2O/c1-11-9-17(10-12(2)16(11)4)15-7-5-14(6-8-15)13(3)18/h5-8,11-12H,9-10H2,1-4H3/t11-,12?/m0/s1. The first-order valence-corrected chi connectivity index (χ1v) is 6.57. The summed E-state index contributed by atoms with van der Waals surface area (Å²) in [7, 11) is 2.19. The molecule has 0 aromatic heterocycles. The minimum atomic E-state index is 0.127. The summed E-state index contributed by atoms with van der Waals surface area (Å²) in [6, 6.07) is 9.07. The molecule has 1 aromatic carbocycles. The molecule has 2 atom stereocenters. The lowest BCUT2D eigenvalue weighted by Gasteiger charge is -2.43. The average Bonchev–Trinajstić information content (AvgIpc) is 2.35. The average molecular weight is 246 g/mol. The molecule has 1 unspecified atom stereocenters. The number of rotatable bonds is 2. The maximum Gasteiger partial charge on any atom is 0.159 e. The summed E-state index contributed by atoms with van der Waals surface area (Å²) in [6.45, 7) is 8.20. The molecule has 0 radical (unpaired) electrons. The van der Waals surface area contributed by atoms with Crippen LogP contribution in [0.5, 0.6) is 0 Å². The van der Waals surface area contributed by atoms with E-state index in [0.29, 0.717) is 12.1 Å². The molecule has 98 valence electrons. The molecular weight excluding hydrogens is 224 g/mol. The molecule has 1 saturated heterocycles. The predicted octanol–water partition coefficient (Wildman–Crippen LogP) is 2.42. The van der Waals surface area contributed by atoms with E-state index in [0.717, 1.165) is 18.7 Å². The number of nitrogens with zero attached hydrogens (tertiary/aromatic N) is 2. The van der Waals surface area contributed by atoms with Crippen LogP contribution in [0.4, 0.5) is 5.69 Å².